The van der Waals surface area contributed by atoms with Crippen molar-refractivity contribution in [1.82, 2.24) is 10.6 Å². The second kappa shape index (κ2) is 5.49. The summed E-state index contributed by atoms with van der Waals surface area (Å²) in [5, 5.41) is 14.9. The van der Waals surface area contributed by atoms with Crippen molar-refractivity contribution in [3.63, 3.8) is 0 Å². The molecule has 5 heteroatoms. The lowest BCUT2D eigenvalue weighted by molar-refractivity contribution is -0.143. The molecular formula is C12H22N2O3. The van der Waals surface area contributed by atoms with Crippen molar-refractivity contribution < 1.29 is 14.7 Å². The van der Waals surface area contributed by atoms with E-state index in [1.54, 1.807) is 0 Å². The monoisotopic (exact) mass is 242 g/mol. The molecule has 0 radical (unpaired) electrons. The van der Waals surface area contributed by atoms with E-state index < -0.39 is 11.9 Å². The molecule has 0 aliphatic carbocycles. The van der Waals surface area contributed by atoms with Crippen molar-refractivity contribution in [2.24, 2.45) is 17.3 Å². The van der Waals surface area contributed by atoms with Gasteiger partial charge >= 0.3 is 5.97 Å². The molecule has 0 saturated carbocycles. The zero-order chi connectivity index (χ0) is 13.1. The van der Waals surface area contributed by atoms with Gasteiger partial charge in [0.2, 0.25) is 5.91 Å². The molecule has 5 nitrogen and oxygen atoms in total. The SMILES string of the molecule is CC(C)C(CNC(=O)C1(C)CCNC1)C(=O)O. The molecule has 0 aromatic heterocycles. The van der Waals surface area contributed by atoms with E-state index in [4.69, 9.17) is 5.11 Å². The summed E-state index contributed by atoms with van der Waals surface area (Å²) in [5.41, 5.74) is -0.389. The lowest BCUT2D eigenvalue weighted by Crippen LogP contribution is -2.44. The molecule has 1 heterocycles. The third-order valence-corrected chi connectivity index (χ3v) is 3.52. The van der Waals surface area contributed by atoms with Crippen molar-refractivity contribution in [1.29, 1.82) is 0 Å². The predicted octanol–water partition coefficient (Wildman–Crippen LogP) is 0.459. The zero-order valence-electron chi connectivity index (χ0n) is 10.7. The number of amides is 1. The molecule has 1 rings (SSSR count). The van der Waals surface area contributed by atoms with Crippen LogP contribution in [0.4, 0.5) is 0 Å². The first-order valence-corrected chi connectivity index (χ1v) is 6.08. The van der Waals surface area contributed by atoms with Gasteiger partial charge in [0.1, 0.15) is 0 Å². The van der Waals surface area contributed by atoms with Gasteiger partial charge < -0.3 is 15.7 Å². The highest BCUT2D eigenvalue weighted by Crippen LogP contribution is 2.24. The quantitative estimate of drug-likeness (QED) is 0.654. The Labute approximate surface area is 102 Å². The van der Waals surface area contributed by atoms with Crippen LogP contribution in [0.3, 0.4) is 0 Å². The summed E-state index contributed by atoms with van der Waals surface area (Å²) in [6.07, 6.45) is 0.804. The van der Waals surface area contributed by atoms with Gasteiger partial charge in [-0.2, -0.15) is 0 Å². The van der Waals surface area contributed by atoms with Crippen LogP contribution in [0.2, 0.25) is 0 Å². The number of aliphatic carboxylic acids is 1. The first kappa shape index (κ1) is 14.0. The van der Waals surface area contributed by atoms with Crippen LogP contribution in [0.1, 0.15) is 27.2 Å². The first-order valence-electron chi connectivity index (χ1n) is 6.08. The topological polar surface area (TPSA) is 78.4 Å². The van der Waals surface area contributed by atoms with Crippen molar-refractivity contribution in [2.45, 2.75) is 27.2 Å². The van der Waals surface area contributed by atoms with Gasteiger partial charge in [-0.25, -0.2) is 0 Å². The number of hydrogen-bond acceptors (Lipinski definition) is 3. The average molecular weight is 242 g/mol. The number of hydrogen-bond donors (Lipinski definition) is 3. The van der Waals surface area contributed by atoms with Gasteiger partial charge in [-0.05, 0) is 25.8 Å². The number of carbonyl (C=O) groups excluding carboxylic acids is 1. The Bertz CT molecular complexity index is 296. The Morgan fingerprint density at radius 3 is 2.53 bits per heavy atom. The van der Waals surface area contributed by atoms with E-state index in [1.807, 2.05) is 20.8 Å². The second-order valence-electron chi connectivity index (χ2n) is 5.39. The Morgan fingerprint density at radius 1 is 1.47 bits per heavy atom. The molecule has 17 heavy (non-hydrogen) atoms. The maximum absolute atomic E-state index is 12.0. The standard InChI is InChI=1S/C12H22N2O3/c1-8(2)9(10(15)16)6-14-11(17)12(3)4-5-13-7-12/h8-9,13H,4-7H2,1-3H3,(H,14,17)(H,15,16). The van der Waals surface area contributed by atoms with Crippen molar-refractivity contribution >= 4 is 11.9 Å². The largest absolute Gasteiger partial charge is 0.481 e. The van der Waals surface area contributed by atoms with Gasteiger partial charge in [-0.1, -0.05) is 13.8 Å². The van der Waals surface area contributed by atoms with E-state index in [1.165, 1.54) is 0 Å². The molecule has 1 aliphatic heterocycles. The van der Waals surface area contributed by atoms with Crippen LogP contribution < -0.4 is 10.6 Å². The minimum Gasteiger partial charge on any atom is -0.481 e. The fourth-order valence-corrected chi connectivity index (χ4v) is 2.03. The summed E-state index contributed by atoms with van der Waals surface area (Å²) >= 11 is 0. The second-order valence-corrected chi connectivity index (χ2v) is 5.39. The minimum atomic E-state index is -0.852. The van der Waals surface area contributed by atoms with E-state index in [0.717, 1.165) is 13.0 Å². The number of carboxylic acids is 1. The number of rotatable bonds is 5. The fourth-order valence-electron chi connectivity index (χ4n) is 2.03. The van der Waals surface area contributed by atoms with Crippen LogP contribution in [0.5, 0.6) is 0 Å². The minimum absolute atomic E-state index is 0.0160. The summed E-state index contributed by atoms with van der Waals surface area (Å²) < 4.78 is 0. The van der Waals surface area contributed by atoms with Crippen molar-refractivity contribution in [3.8, 4) is 0 Å². The molecule has 0 aromatic carbocycles. The first-order chi connectivity index (χ1) is 7.87. The molecule has 3 N–H and O–H groups in total. The van der Waals surface area contributed by atoms with Crippen LogP contribution in [0.25, 0.3) is 0 Å². The molecule has 98 valence electrons. The predicted molar refractivity (Wildman–Crippen MR) is 64.6 cm³/mol. The van der Waals surface area contributed by atoms with Gasteiger partial charge in [-0.15, -0.1) is 0 Å². The van der Waals surface area contributed by atoms with Crippen LogP contribution in [-0.4, -0.2) is 36.6 Å². The Balaban J connectivity index is 2.49. The molecule has 1 fully saturated rings. The number of carbonyl (C=O) groups is 2. The van der Waals surface area contributed by atoms with Gasteiger partial charge in [0.25, 0.3) is 0 Å². The van der Waals surface area contributed by atoms with E-state index in [0.29, 0.717) is 6.54 Å². The maximum atomic E-state index is 12.0. The Morgan fingerprint density at radius 2 is 2.12 bits per heavy atom. The third-order valence-electron chi connectivity index (χ3n) is 3.52. The molecule has 1 aliphatic rings. The van der Waals surface area contributed by atoms with Crippen LogP contribution in [0, 0.1) is 17.3 Å². The molecule has 2 unspecified atom stereocenters. The molecule has 0 bridgehead atoms. The molecule has 0 spiro atoms. The highest BCUT2D eigenvalue weighted by atomic mass is 16.4. The van der Waals surface area contributed by atoms with E-state index in [2.05, 4.69) is 10.6 Å². The average Bonchev–Trinajstić information content (AvgIpc) is 2.65. The summed E-state index contributed by atoms with van der Waals surface area (Å²) in [6, 6.07) is 0. The van der Waals surface area contributed by atoms with Crippen molar-refractivity contribution in [3.05, 3.63) is 0 Å². The lowest BCUT2D eigenvalue weighted by atomic mass is 9.88. The zero-order valence-corrected chi connectivity index (χ0v) is 10.7. The number of carboxylic acid groups (broad SMARTS) is 1. The highest BCUT2D eigenvalue weighted by Gasteiger charge is 2.36. The normalized spacial score (nSPS) is 25.9. The Hall–Kier alpha value is -1.10. The molecule has 1 saturated heterocycles. The number of nitrogens with one attached hydrogen (secondary N) is 2. The van der Waals surface area contributed by atoms with Crippen LogP contribution in [-0.2, 0) is 9.59 Å². The van der Waals surface area contributed by atoms with Crippen molar-refractivity contribution in [2.75, 3.05) is 19.6 Å². The summed E-state index contributed by atoms with van der Waals surface area (Å²) in [4.78, 5) is 23.0. The smallest absolute Gasteiger partial charge is 0.308 e. The van der Waals surface area contributed by atoms with Gasteiger partial charge in [0.05, 0.1) is 11.3 Å². The fraction of sp³-hybridized carbons (Fsp3) is 0.833. The van der Waals surface area contributed by atoms with E-state index >= 15 is 0 Å². The van der Waals surface area contributed by atoms with Gasteiger partial charge in [-0.3, -0.25) is 9.59 Å². The maximum Gasteiger partial charge on any atom is 0.308 e. The Kier molecular flexibility index (Phi) is 4.51. The van der Waals surface area contributed by atoms with Gasteiger partial charge in [0.15, 0.2) is 0 Å². The van der Waals surface area contributed by atoms with Gasteiger partial charge in [0, 0.05) is 13.1 Å². The lowest BCUT2D eigenvalue weighted by Gasteiger charge is -2.24. The molecule has 0 aromatic rings. The van der Waals surface area contributed by atoms with Crippen LogP contribution >= 0.6 is 0 Å². The molecule has 1 amide bonds. The van der Waals surface area contributed by atoms with E-state index in [-0.39, 0.29) is 23.8 Å². The van der Waals surface area contributed by atoms with E-state index in [9.17, 15) is 9.59 Å². The summed E-state index contributed by atoms with van der Waals surface area (Å²) in [7, 11) is 0. The molecular weight excluding hydrogens is 220 g/mol. The third kappa shape index (κ3) is 3.43. The summed E-state index contributed by atoms with van der Waals surface area (Å²) in [6.45, 7) is 7.33. The highest BCUT2D eigenvalue weighted by molar-refractivity contribution is 5.83. The molecule has 2 atom stereocenters. The van der Waals surface area contributed by atoms with Crippen LogP contribution in [0.15, 0.2) is 0 Å². The summed E-state index contributed by atoms with van der Waals surface area (Å²) in [5.74, 6) is -1.40.